The maximum atomic E-state index is 12.6. The van der Waals surface area contributed by atoms with Crippen molar-refractivity contribution in [2.24, 2.45) is 0 Å². The second kappa shape index (κ2) is 6.71. The third-order valence-electron chi connectivity index (χ3n) is 3.74. The lowest BCUT2D eigenvalue weighted by Crippen LogP contribution is -2.34. The highest BCUT2D eigenvalue weighted by atomic mass is 35.5. The van der Waals surface area contributed by atoms with Gasteiger partial charge in [-0.15, -0.1) is 0 Å². The number of ether oxygens (including phenoxy) is 1. The van der Waals surface area contributed by atoms with Gasteiger partial charge in [0.2, 0.25) is 5.91 Å². The predicted molar refractivity (Wildman–Crippen MR) is 94.0 cm³/mol. The molecule has 1 unspecified atom stereocenters. The van der Waals surface area contributed by atoms with Gasteiger partial charge in [0.15, 0.2) is 0 Å². The maximum absolute atomic E-state index is 12.6. The summed E-state index contributed by atoms with van der Waals surface area (Å²) >= 11 is 11.9. The number of nitrogens with zero attached hydrogens (tertiary/aromatic N) is 1. The zero-order valence-electron chi connectivity index (χ0n) is 12.8. The number of nitrogens with one attached hydrogen (secondary N) is 1. The Bertz CT molecular complexity index is 793. The van der Waals surface area contributed by atoms with Crippen LogP contribution in [0.1, 0.15) is 6.42 Å². The van der Waals surface area contributed by atoms with E-state index >= 15 is 0 Å². The molecule has 0 spiro atoms. The van der Waals surface area contributed by atoms with E-state index in [1.807, 2.05) is 0 Å². The average molecular weight is 365 g/mol. The smallest absolute Gasteiger partial charge is 0.256 e. The number of anilines is 2. The average Bonchev–Trinajstić information content (AvgIpc) is 2.85. The second-order valence-electron chi connectivity index (χ2n) is 5.30. The zero-order chi connectivity index (χ0) is 17.3. The number of carbonyl (C=O) groups excluding carboxylic acids is 2. The molecule has 1 atom stereocenters. The van der Waals surface area contributed by atoms with E-state index in [4.69, 9.17) is 27.9 Å². The molecule has 3 rings (SSSR count). The van der Waals surface area contributed by atoms with Gasteiger partial charge in [-0.1, -0.05) is 23.2 Å². The molecule has 0 saturated carbocycles. The minimum absolute atomic E-state index is 0.0745. The van der Waals surface area contributed by atoms with Gasteiger partial charge in [0.05, 0.1) is 29.3 Å². The van der Waals surface area contributed by atoms with Gasteiger partial charge >= 0.3 is 0 Å². The van der Waals surface area contributed by atoms with Crippen LogP contribution in [0.5, 0.6) is 5.75 Å². The maximum Gasteiger partial charge on any atom is 0.256 e. The van der Waals surface area contributed by atoms with E-state index in [9.17, 15) is 9.59 Å². The third-order valence-corrected chi connectivity index (χ3v) is 4.48. The van der Waals surface area contributed by atoms with Crippen LogP contribution < -0.4 is 15.0 Å². The largest absolute Gasteiger partial charge is 0.497 e. The molecule has 2 amide bonds. The molecule has 0 aliphatic carbocycles. The summed E-state index contributed by atoms with van der Waals surface area (Å²) in [5.41, 5.74) is 1.15. The molecule has 1 fully saturated rings. The molecule has 1 aliphatic heterocycles. The van der Waals surface area contributed by atoms with E-state index in [0.29, 0.717) is 21.5 Å². The summed E-state index contributed by atoms with van der Waals surface area (Å²) in [7, 11) is 1.58. The van der Waals surface area contributed by atoms with Crippen LogP contribution in [0.15, 0.2) is 42.5 Å². The third kappa shape index (κ3) is 3.18. The van der Waals surface area contributed by atoms with Crippen LogP contribution >= 0.6 is 23.2 Å². The van der Waals surface area contributed by atoms with E-state index in [-0.39, 0.29) is 18.2 Å². The van der Waals surface area contributed by atoms with Crippen molar-refractivity contribution in [1.29, 1.82) is 0 Å². The van der Waals surface area contributed by atoms with Gasteiger partial charge in [-0.25, -0.2) is 4.90 Å². The van der Waals surface area contributed by atoms with E-state index < -0.39 is 6.04 Å². The predicted octanol–water partition coefficient (Wildman–Crippen LogP) is 3.75. The van der Waals surface area contributed by atoms with Crippen LogP contribution in [0, 0.1) is 0 Å². The highest BCUT2D eigenvalue weighted by molar-refractivity contribution is 6.42. The van der Waals surface area contributed by atoms with Crippen LogP contribution in [0.2, 0.25) is 10.0 Å². The molecule has 1 N–H and O–H groups in total. The van der Waals surface area contributed by atoms with Crippen molar-refractivity contribution in [3.63, 3.8) is 0 Å². The molecule has 24 heavy (non-hydrogen) atoms. The number of amides is 2. The number of hydrogen-bond donors (Lipinski definition) is 1. The second-order valence-corrected chi connectivity index (χ2v) is 6.11. The number of benzene rings is 2. The molecule has 0 aromatic heterocycles. The Balaban J connectivity index is 1.79. The molecule has 1 saturated heterocycles. The number of carbonyl (C=O) groups is 2. The molecular formula is C17H14Cl2N2O3. The standard InChI is InChI=1S/C17H14Cl2N2O3/c1-24-12-5-2-10(3-6-12)20-15-9-16(22)21(17(15)23)11-4-7-13(18)14(19)8-11/h2-8,15,20H,9H2,1H3. The lowest BCUT2D eigenvalue weighted by Gasteiger charge is -2.16. The zero-order valence-corrected chi connectivity index (χ0v) is 14.3. The van der Waals surface area contributed by atoms with Crippen LogP contribution in [0.3, 0.4) is 0 Å². The van der Waals surface area contributed by atoms with Gasteiger partial charge in [0, 0.05) is 5.69 Å². The first kappa shape index (κ1) is 16.6. The number of imide groups is 1. The minimum atomic E-state index is -0.625. The summed E-state index contributed by atoms with van der Waals surface area (Å²) in [5, 5.41) is 3.73. The van der Waals surface area contributed by atoms with E-state index in [2.05, 4.69) is 5.32 Å². The van der Waals surface area contributed by atoms with Gasteiger partial charge in [-0.05, 0) is 42.5 Å². The van der Waals surface area contributed by atoms with Crippen LogP contribution in [-0.2, 0) is 9.59 Å². The number of rotatable bonds is 4. The fourth-order valence-electron chi connectivity index (χ4n) is 2.53. The van der Waals surface area contributed by atoms with Gasteiger partial charge in [0.25, 0.3) is 5.91 Å². The topological polar surface area (TPSA) is 58.6 Å². The fraction of sp³-hybridized carbons (Fsp3) is 0.176. The first-order chi connectivity index (χ1) is 11.5. The van der Waals surface area contributed by atoms with Gasteiger partial charge < -0.3 is 10.1 Å². The number of hydrogen-bond acceptors (Lipinski definition) is 4. The first-order valence-corrected chi connectivity index (χ1v) is 7.97. The quantitative estimate of drug-likeness (QED) is 0.839. The SMILES string of the molecule is COc1ccc(NC2CC(=O)N(c3ccc(Cl)c(Cl)c3)C2=O)cc1. The highest BCUT2D eigenvalue weighted by Gasteiger charge is 2.39. The summed E-state index contributed by atoms with van der Waals surface area (Å²) in [6.07, 6.45) is 0.0745. The Morgan fingerprint density at radius 1 is 1.08 bits per heavy atom. The molecule has 7 heteroatoms. The first-order valence-electron chi connectivity index (χ1n) is 7.22. The van der Waals surface area contributed by atoms with Crippen molar-refractivity contribution in [2.75, 3.05) is 17.3 Å². The summed E-state index contributed by atoms with van der Waals surface area (Å²) in [6.45, 7) is 0. The molecule has 0 radical (unpaired) electrons. The minimum Gasteiger partial charge on any atom is -0.497 e. The summed E-state index contributed by atoms with van der Waals surface area (Å²) < 4.78 is 5.09. The van der Waals surface area contributed by atoms with Crippen molar-refractivity contribution < 1.29 is 14.3 Å². The number of halogens is 2. The monoisotopic (exact) mass is 364 g/mol. The van der Waals surface area contributed by atoms with E-state index in [1.54, 1.807) is 43.5 Å². The van der Waals surface area contributed by atoms with Crippen molar-refractivity contribution in [3.8, 4) is 5.75 Å². The lowest BCUT2D eigenvalue weighted by atomic mass is 10.2. The molecule has 5 nitrogen and oxygen atoms in total. The van der Waals surface area contributed by atoms with Gasteiger partial charge in [0.1, 0.15) is 11.8 Å². The fourth-order valence-corrected chi connectivity index (χ4v) is 2.82. The molecule has 1 heterocycles. The molecule has 1 aliphatic rings. The Hall–Kier alpha value is -2.24. The van der Waals surface area contributed by atoms with E-state index in [0.717, 1.165) is 10.6 Å². The van der Waals surface area contributed by atoms with Crippen LogP contribution in [0.4, 0.5) is 11.4 Å². The van der Waals surface area contributed by atoms with Crippen molar-refractivity contribution in [1.82, 2.24) is 0 Å². The molecule has 2 aromatic carbocycles. The molecule has 2 aromatic rings. The van der Waals surface area contributed by atoms with Crippen LogP contribution in [-0.4, -0.2) is 25.0 Å². The Morgan fingerprint density at radius 2 is 1.79 bits per heavy atom. The normalized spacial score (nSPS) is 17.3. The summed E-state index contributed by atoms with van der Waals surface area (Å²) in [6, 6.07) is 11.2. The van der Waals surface area contributed by atoms with Crippen molar-refractivity contribution >= 4 is 46.4 Å². The van der Waals surface area contributed by atoms with Crippen LogP contribution in [0.25, 0.3) is 0 Å². The Morgan fingerprint density at radius 3 is 2.42 bits per heavy atom. The molecule has 0 bridgehead atoms. The highest BCUT2D eigenvalue weighted by Crippen LogP contribution is 2.31. The summed E-state index contributed by atoms with van der Waals surface area (Å²) in [4.78, 5) is 26.0. The van der Waals surface area contributed by atoms with Crippen molar-refractivity contribution in [3.05, 3.63) is 52.5 Å². The Labute approximate surface area is 149 Å². The number of methoxy groups -OCH3 is 1. The van der Waals surface area contributed by atoms with Gasteiger partial charge in [-0.2, -0.15) is 0 Å². The summed E-state index contributed by atoms with van der Waals surface area (Å²) in [5.74, 6) is 0.102. The molecule has 124 valence electrons. The molecular weight excluding hydrogens is 351 g/mol. The lowest BCUT2D eigenvalue weighted by molar-refractivity contribution is -0.121. The van der Waals surface area contributed by atoms with Crippen molar-refractivity contribution in [2.45, 2.75) is 12.5 Å². The Kier molecular flexibility index (Phi) is 4.64. The van der Waals surface area contributed by atoms with Gasteiger partial charge in [-0.3, -0.25) is 9.59 Å². The van der Waals surface area contributed by atoms with E-state index in [1.165, 1.54) is 6.07 Å².